The van der Waals surface area contributed by atoms with Gasteiger partial charge in [-0.05, 0) is 48.6 Å². The van der Waals surface area contributed by atoms with Crippen molar-refractivity contribution in [2.75, 3.05) is 6.54 Å². The van der Waals surface area contributed by atoms with Crippen molar-refractivity contribution in [3.05, 3.63) is 35.9 Å². The van der Waals surface area contributed by atoms with Crippen LogP contribution in [0, 0.1) is 17.3 Å². The highest BCUT2D eigenvalue weighted by molar-refractivity contribution is 5.21. The normalized spacial score (nSPS) is 30.5. The molecule has 0 aromatic heterocycles. The Labute approximate surface area is 187 Å². The number of nitrogens with one attached hydrogen (secondary N) is 1. The molecule has 1 aliphatic carbocycles. The van der Waals surface area contributed by atoms with Crippen LogP contribution in [-0.4, -0.2) is 6.54 Å². The molecule has 1 heterocycles. The Morgan fingerprint density at radius 3 is 1.83 bits per heavy atom. The van der Waals surface area contributed by atoms with Crippen LogP contribution in [0.1, 0.15) is 128 Å². The second-order valence-corrected chi connectivity index (χ2v) is 11.2. The predicted molar refractivity (Wildman–Crippen MR) is 132 cm³/mol. The van der Waals surface area contributed by atoms with Crippen molar-refractivity contribution in [2.45, 2.75) is 123 Å². The highest BCUT2D eigenvalue weighted by Crippen LogP contribution is 2.44. The van der Waals surface area contributed by atoms with Crippen LogP contribution in [0.5, 0.6) is 0 Å². The van der Waals surface area contributed by atoms with Crippen LogP contribution in [0.25, 0.3) is 0 Å². The van der Waals surface area contributed by atoms with Gasteiger partial charge in [-0.1, -0.05) is 128 Å². The van der Waals surface area contributed by atoms with Gasteiger partial charge in [0.2, 0.25) is 0 Å². The van der Waals surface area contributed by atoms with Crippen LogP contribution in [0.4, 0.5) is 0 Å². The number of benzene rings is 1. The molecule has 3 rings (SSSR count). The number of hydrogen-bond donors (Lipinski definition) is 1. The maximum Gasteiger partial charge on any atom is 0.0352 e. The van der Waals surface area contributed by atoms with Gasteiger partial charge in [0.25, 0.3) is 0 Å². The molecular weight excluding hydrogens is 362 g/mol. The van der Waals surface area contributed by atoms with E-state index in [0.717, 1.165) is 11.8 Å². The molecule has 1 heteroatoms. The summed E-state index contributed by atoms with van der Waals surface area (Å²) in [6.45, 7) is 6.32. The van der Waals surface area contributed by atoms with E-state index in [1.807, 2.05) is 0 Å². The maximum atomic E-state index is 3.95. The minimum Gasteiger partial charge on any atom is -0.309 e. The molecular formula is C29H49N. The van der Waals surface area contributed by atoms with Gasteiger partial charge in [-0.3, -0.25) is 0 Å². The molecule has 3 atom stereocenters. The third-order valence-corrected chi connectivity index (χ3v) is 8.01. The number of fused-ring (bicyclic) bond motifs is 1. The quantitative estimate of drug-likeness (QED) is 0.486. The molecule has 1 saturated heterocycles. The third kappa shape index (κ3) is 8.03. The maximum absolute atomic E-state index is 3.95. The molecule has 30 heavy (non-hydrogen) atoms. The molecule has 2 aliphatic rings. The average molecular weight is 412 g/mol. The minimum absolute atomic E-state index is 0.463. The predicted octanol–water partition coefficient (Wildman–Crippen LogP) is 8.84. The van der Waals surface area contributed by atoms with Crippen molar-refractivity contribution in [2.24, 2.45) is 17.3 Å². The zero-order valence-corrected chi connectivity index (χ0v) is 20.1. The van der Waals surface area contributed by atoms with Gasteiger partial charge in [-0.15, -0.1) is 0 Å². The Morgan fingerprint density at radius 1 is 0.700 bits per heavy atom. The Hall–Kier alpha value is -0.820. The summed E-state index contributed by atoms with van der Waals surface area (Å²) < 4.78 is 0. The summed E-state index contributed by atoms with van der Waals surface area (Å²) in [7, 11) is 0. The van der Waals surface area contributed by atoms with Crippen molar-refractivity contribution in [3.8, 4) is 0 Å². The third-order valence-electron chi connectivity index (χ3n) is 8.01. The fraction of sp³-hybridized carbons (Fsp3) is 0.793. The summed E-state index contributed by atoms with van der Waals surface area (Å²) in [5.74, 6) is 1.65. The fourth-order valence-electron chi connectivity index (χ4n) is 6.17. The van der Waals surface area contributed by atoms with Gasteiger partial charge in [0, 0.05) is 6.04 Å². The lowest BCUT2D eigenvalue weighted by molar-refractivity contribution is 0.191. The lowest BCUT2D eigenvalue weighted by Gasteiger charge is -2.34. The molecule has 1 aliphatic heterocycles. The average Bonchev–Trinajstić information content (AvgIpc) is 3.12. The molecule has 0 bridgehead atoms. The second kappa shape index (κ2) is 12.9. The summed E-state index contributed by atoms with van der Waals surface area (Å²) in [4.78, 5) is 0. The van der Waals surface area contributed by atoms with Gasteiger partial charge in [0.1, 0.15) is 0 Å². The van der Waals surface area contributed by atoms with E-state index in [2.05, 4.69) is 49.5 Å². The van der Waals surface area contributed by atoms with Gasteiger partial charge >= 0.3 is 0 Å². The topological polar surface area (TPSA) is 12.0 Å². The minimum atomic E-state index is 0.463. The van der Waals surface area contributed by atoms with Crippen molar-refractivity contribution in [1.82, 2.24) is 5.32 Å². The summed E-state index contributed by atoms with van der Waals surface area (Å²) in [5, 5.41) is 3.95. The van der Waals surface area contributed by atoms with E-state index in [0.29, 0.717) is 11.5 Å². The Morgan fingerprint density at radius 2 is 1.23 bits per heavy atom. The highest BCUT2D eigenvalue weighted by Gasteiger charge is 2.39. The molecule has 0 radical (unpaired) electrons. The first kappa shape index (κ1) is 23.8. The monoisotopic (exact) mass is 411 g/mol. The van der Waals surface area contributed by atoms with E-state index in [-0.39, 0.29) is 0 Å². The molecule has 170 valence electrons. The Bertz CT molecular complexity index is 563. The molecule has 1 aromatic rings. The lowest BCUT2D eigenvalue weighted by atomic mass is 9.71. The van der Waals surface area contributed by atoms with E-state index in [9.17, 15) is 0 Å². The van der Waals surface area contributed by atoms with E-state index < -0.39 is 0 Å². The summed E-state index contributed by atoms with van der Waals surface area (Å²) in [6.07, 6.45) is 23.2. The summed E-state index contributed by atoms with van der Waals surface area (Å²) in [5.41, 5.74) is 1.98. The van der Waals surface area contributed by atoms with Gasteiger partial charge in [0.15, 0.2) is 0 Å². The van der Waals surface area contributed by atoms with Crippen LogP contribution >= 0.6 is 0 Å². The van der Waals surface area contributed by atoms with E-state index in [4.69, 9.17) is 0 Å². The number of hydrogen-bond acceptors (Lipinski definition) is 1. The molecule has 0 spiro atoms. The van der Waals surface area contributed by atoms with Gasteiger partial charge in [-0.25, -0.2) is 0 Å². The summed E-state index contributed by atoms with van der Waals surface area (Å²) in [6, 6.07) is 11.9. The van der Waals surface area contributed by atoms with Crippen LogP contribution in [0.2, 0.25) is 0 Å². The Kier molecular flexibility index (Phi) is 10.2. The van der Waals surface area contributed by atoms with Crippen molar-refractivity contribution >= 4 is 0 Å². The van der Waals surface area contributed by atoms with E-state index >= 15 is 0 Å². The second-order valence-electron chi connectivity index (χ2n) is 11.2. The first-order valence-electron chi connectivity index (χ1n) is 13.4. The number of rotatable bonds is 1. The molecule has 0 amide bonds. The fourth-order valence-corrected chi connectivity index (χ4v) is 6.17. The molecule has 2 fully saturated rings. The van der Waals surface area contributed by atoms with Gasteiger partial charge in [-0.2, -0.15) is 0 Å². The SMILES string of the molecule is CC1(C)CCCCCCCCCCCCCCCC2CNC(c3ccccc3)C2C1. The Balaban J connectivity index is 1.62. The largest absolute Gasteiger partial charge is 0.309 e. The van der Waals surface area contributed by atoms with Crippen LogP contribution < -0.4 is 5.32 Å². The highest BCUT2D eigenvalue weighted by atomic mass is 15.0. The molecule has 1 N–H and O–H groups in total. The molecule has 1 saturated carbocycles. The smallest absolute Gasteiger partial charge is 0.0352 e. The first-order valence-corrected chi connectivity index (χ1v) is 13.4. The van der Waals surface area contributed by atoms with Crippen LogP contribution in [0.3, 0.4) is 0 Å². The van der Waals surface area contributed by atoms with Crippen molar-refractivity contribution in [3.63, 3.8) is 0 Å². The lowest BCUT2D eigenvalue weighted by Crippen LogP contribution is -2.25. The zero-order valence-electron chi connectivity index (χ0n) is 20.1. The zero-order chi connectivity index (χ0) is 21.1. The first-order chi connectivity index (χ1) is 14.7. The standard InChI is InChI=1S/C29H49N/c1-29(2)22-18-13-11-9-7-5-3-4-6-8-10-12-15-21-26-24-30-28(27(26)23-29)25-19-16-14-17-20-25/h14,16-17,19-20,26-28,30H,3-13,15,18,21-24H2,1-2H3. The van der Waals surface area contributed by atoms with Crippen LogP contribution in [-0.2, 0) is 0 Å². The van der Waals surface area contributed by atoms with Gasteiger partial charge in [0.05, 0.1) is 0 Å². The molecule has 1 nitrogen and oxygen atoms in total. The summed E-state index contributed by atoms with van der Waals surface area (Å²) >= 11 is 0. The van der Waals surface area contributed by atoms with Crippen molar-refractivity contribution in [1.29, 1.82) is 0 Å². The van der Waals surface area contributed by atoms with Crippen LogP contribution in [0.15, 0.2) is 30.3 Å². The van der Waals surface area contributed by atoms with E-state index in [1.165, 1.54) is 115 Å². The molecule has 3 unspecified atom stereocenters. The van der Waals surface area contributed by atoms with Crippen molar-refractivity contribution < 1.29 is 0 Å². The molecule has 1 aromatic carbocycles. The van der Waals surface area contributed by atoms with Gasteiger partial charge < -0.3 is 5.32 Å². The van der Waals surface area contributed by atoms with E-state index in [1.54, 1.807) is 0 Å².